The van der Waals surface area contributed by atoms with Gasteiger partial charge >= 0.3 is 0 Å². The van der Waals surface area contributed by atoms with Gasteiger partial charge in [0.15, 0.2) is 0 Å². The van der Waals surface area contributed by atoms with Gasteiger partial charge < -0.3 is 10.1 Å². The van der Waals surface area contributed by atoms with Crippen molar-refractivity contribution in [3.63, 3.8) is 0 Å². The molecule has 1 N–H and O–H groups in total. The summed E-state index contributed by atoms with van der Waals surface area (Å²) in [5.41, 5.74) is 1.11. The number of amides is 1. The van der Waals surface area contributed by atoms with Crippen LogP contribution in [0.2, 0.25) is 0 Å². The number of hydrogen-bond acceptors (Lipinski definition) is 3. The topological polar surface area (TPSA) is 51.2 Å². The van der Waals surface area contributed by atoms with Crippen molar-refractivity contribution >= 4 is 5.91 Å². The van der Waals surface area contributed by atoms with Crippen molar-refractivity contribution in [1.29, 1.82) is 0 Å². The third kappa shape index (κ3) is 3.88. The number of hydrogen-bond donors (Lipinski definition) is 1. The number of carbonyl (C=O) groups excluding carboxylic acids is 1. The zero-order valence-corrected chi connectivity index (χ0v) is 9.99. The Balaban J connectivity index is 2.40. The van der Waals surface area contributed by atoms with Crippen molar-refractivity contribution in [2.24, 2.45) is 5.92 Å². The molecule has 0 aliphatic carbocycles. The van der Waals surface area contributed by atoms with Crippen LogP contribution in [0, 0.1) is 5.92 Å². The fourth-order valence-electron chi connectivity index (χ4n) is 1.25. The highest BCUT2D eigenvalue weighted by atomic mass is 16.5. The molecule has 0 aromatic carbocycles. The molecule has 0 saturated carbocycles. The van der Waals surface area contributed by atoms with Gasteiger partial charge in [-0.2, -0.15) is 0 Å². The minimum Gasteiger partial charge on any atom is -0.481 e. The van der Waals surface area contributed by atoms with E-state index in [0.717, 1.165) is 12.0 Å². The average molecular weight is 222 g/mol. The molecule has 0 aliphatic heterocycles. The van der Waals surface area contributed by atoms with Crippen LogP contribution in [0.1, 0.15) is 19.4 Å². The Bertz CT molecular complexity index is 351. The monoisotopic (exact) mass is 222 g/mol. The Kier molecular flexibility index (Phi) is 4.76. The van der Waals surface area contributed by atoms with Crippen molar-refractivity contribution in [3.05, 3.63) is 23.9 Å². The molecule has 1 amide bonds. The molecule has 1 heterocycles. The Labute approximate surface area is 96.0 Å². The molecule has 0 fully saturated rings. The molecule has 0 saturated heterocycles. The molecule has 1 rings (SSSR count). The summed E-state index contributed by atoms with van der Waals surface area (Å²) in [5, 5.41) is 2.87. The van der Waals surface area contributed by atoms with Gasteiger partial charge in [0.25, 0.3) is 0 Å². The largest absolute Gasteiger partial charge is 0.481 e. The fraction of sp³-hybridized carbons (Fsp3) is 0.500. The van der Waals surface area contributed by atoms with Crippen LogP contribution in [0.5, 0.6) is 5.88 Å². The van der Waals surface area contributed by atoms with Crippen LogP contribution in [0.25, 0.3) is 0 Å². The van der Waals surface area contributed by atoms with E-state index < -0.39 is 0 Å². The summed E-state index contributed by atoms with van der Waals surface area (Å²) < 4.78 is 5.02. The van der Waals surface area contributed by atoms with Crippen molar-refractivity contribution in [2.45, 2.75) is 20.3 Å². The Morgan fingerprint density at radius 1 is 1.56 bits per heavy atom. The van der Waals surface area contributed by atoms with Crippen LogP contribution < -0.4 is 10.1 Å². The van der Waals surface area contributed by atoms with Gasteiger partial charge in [-0.3, -0.25) is 4.79 Å². The lowest BCUT2D eigenvalue weighted by Gasteiger charge is -2.07. The fourth-order valence-corrected chi connectivity index (χ4v) is 1.25. The quantitative estimate of drug-likeness (QED) is 0.819. The Morgan fingerprint density at radius 3 is 2.94 bits per heavy atom. The molecule has 0 radical (unpaired) electrons. The van der Waals surface area contributed by atoms with E-state index in [0.29, 0.717) is 12.4 Å². The standard InChI is InChI=1S/C12H18N2O2/c1-9(2)12(15)14-7-5-10-4-6-13-11(8-10)16-3/h4,6,8-9H,5,7H2,1-3H3,(H,14,15). The lowest BCUT2D eigenvalue weighted by atomic mass is 10.2. The van der Waals surface area contributed by atoms with E-state index in [-0.39, 0.29) is 11.8 Å². The molecular formula is C12H18N2O2. The van der Waals surface area contributed by atoms with Crippen LogP contribution in [0.4, 0.5) is 0 Å². The zero-order chi connectivity index (χ0) is 12.0. The van der Waals surface area contributed by atoms with Crippen LogP contribution in [-0.4, -0.2) is 24.5 Å². The maximum absolute atomic E-state index is 11.3. The second-order valence-electron chi connectivity index (χ2n) is 3.90. The highest BCUT2D eigenvalue weighted by Crippen LogP contribution is 2.08. The molecule has 1 aromatic rings. The van der Waals surface area contributed by atoms with Gasteiger partial charge in [0.2, 0.25) is 11.8 Å². The van der Waals surface area contributed by atoms with E-state index in [1.807, 2.05) is 26.0 Å². The van der Waals surface area contributed by atoms with E-state index in [9.17, 15) is 4.79 Å². The van der Waals surface area contributed by atoms with Crippen molar-refractivity contribution in [3.8, 4) is 5.88 Å². The summed E-state index contributed by atoms with van der Waals surface area (Å²) in [6.07, 6.45) is 2.50. The SMILES string of the molecule is COc1cc(CCNC(=O)C(C)C)ccn1. The van der Waals surface area contributed by atoms with Gasteiger partial charge in [0.05, 0.1) is 7.11 Å². The first-order chi connectivity index (χ1) is 7.63. The van der Waals surface area contributed by atoms with Crippen LogP contribution in [0.3, 0.4) is 0 Å². The third-order valence-electron chi connectivity index (χ3n) is 2.25. The smallest absolute Gasteiger partial charge is 0.222 e. The molecule has 0 aliphatic rings. The molecule has 0 unspecified atom stereocenters. The second kappa shape index (κ2) is 6.10. The number of nitrogens with zero attached hydrogens (tertiary/aromatic N) is 1. The summed E-state index contributed by atoms with van der Waals surface area (Å²) in [7, 11) is 1.59. The van der Waals surface area contributed by atoms with Crippen molar-refractivity contribution < 1.29 is 9.53 Å². The average Bonchev–Trinajstić information content (AvgIpc) is 2.29. The summed E-state index contributed by atoms with van der Waals surface area (Å²) in [5.74, 6) is 0.723. The summed E-state index contributed by atoms with van der Waals surface area (Å²) >= 11 is 0. The van der Waals surface area contributed by atoms with Crippen LogP contribution in [0.15, 0.2) is 18.3 Å². The second-order valence-corrected chi connectivity index (χ2v) is 3.90. The van der Waals surface area contributed by atoms with E-state index >= 15 is 0 Å². The zero-order valence-electron chi connectivity index (χ0n) is 9.99. The highest BCUT2D eigenvalue weighted by molar-refractivity contribution is 5.77. The number of rotatable bonds is 5. The van der Waals surface area contributed by atoms with Gasteiger partial charge in [-0.15, -0.1) is 0 Å². The molecule has 1 aromatic heterocycles. The van der Waals surface area contributed by atoms with Crippen molar-refractivity contribution in [2.75, 3.05) is 13.7 Å². The van der Waals surface area contributed by atoms with Gasteiger partial charge in [0, 0.05) is 24.7 Å². The van der Waals surface area contributed by atoms with E-state index in [1.54, 1.807) is 13.3 Å². The third-order valence-corrected chi connectivity index (χ3v) is 2.25. The molecule has 4 heteroatoms. The first-order valence-corrected chi connectivity index (χ1v) is 5.40. The predicted molar refractivity (Wildman–Crippen MR) is 62.3 cm³/mol. The molecule has 16 heavy (non-hydrogen) atoms. The molecule has 0 bridgehead atoms. The lowest BCUT2D eigenvalue weighted by molar-refractivity contribution is -0.123. The lowest BCUT2D eigenvalue weighted by Crippen LogP contribution is -2.29. The summed E-state index contributed by atoms with van der Waals surface area (Å²) in [6.45, 7) is 4.40. The number of aromatic nitrogens is 1. The minimum absolute atomic E-state index is 0.0342. The molecule has 0 spiro atoms. The first kappa shape index (κ1) is 12.5. The molecule has 0 atom stereocenters. The van der Waals surface area contributed by atoms with Crippen molar-refractivity contribution in [1.82, 2.24) is 10.3 Å². The molecule has 4 nitrogen and oxygen atoms in total. The first-order valence-electron chi connectivity index (χ1n) is 5.40. The number of pyridine rings is 1. The van der Waals surface area contributed by atoms with E-state index in [2.05, 4.69) is 10.3 Å². The maximum Gasteiger partial charge on any atom is 0.222 e. The Morgan fingerprint density at radius 2 is 2.31 bits per heavy atom. The summed E-state index contributed by atoms with van der Waals surface area (Å²) in [6, 6.07) is 3.80. The number of ether oxygens (including phenoxy) is 1. The van der Waals surface area contributed by atoms with E-state index in [1.165, 1.54) is 0 Å². The van der Waals surface area contributed by atoms with Crippen LogP contribution in [-0.2, 0) is 11.2 Å². The predicted octanol–water partition coefficient (Wildman–Crippen LogP) is 1.40. The molecule has 88 valence electrons. The molecular weight excluding hydrogens is 204 g/mol. The van der Waals surface area contributed by atoms with Crippen LogP contribution >= 0.6 is 0 Å². The minimum atomic E-state index is 0.0342. The highest BCUT2D eigenvalue weighted by Gasteiger charge is 2.05. The van der Waals surface area contributed by atoms with E-state index in [4.69, 9.17) is 4.74 Å². The van der Waals surface area contributed by atoms with Gasteiger partial charge in [-0.25, -0.2) is 4.98 Å². The number of carbonyl (C=O) groups is 1. The van der Waals surface area contributed by atoms with Gasteiger partial charge in [-0.1, -0.05) is 13.8 Å². The van der Waals surface area contributed by atoms with Gasteiger partial charge in [0.1, 0.15) is 0 Å². The summed E-state index contributed by atoms with van der Waals surface area (Å²) in [4.78, 5) is 15.3. The normalized spacial score (nSPS) is 10.2. The number of methoxy groups -OCH3 is 1. The number of nitrogens with one attached hydrogen (secondary N) is 1. The Hall–Kier alpha value is -1.58. The maximum atomic E-state index is 11.3. The van der Waals surface area contributed by atoms with Gasteiger partial charge in [-0.05, 0) is 18.1 Å².